The van der Waals surface area contributed by atoms with Crippen molar-refractivity contribution >= 4 is 0 Å². The molecular formula is C16H14O5. The lowest BCUT2D eigenvalue weighted by molar-refractivity contribution is 0.174. The number of hydrogen-bond acceptors (Lipinski definition) is 5. The monoisotopic (exact) mass is 286 g/mol. The van der Waals surface area contributed by atoms with Gasteiger partial charge in [-0.25, -0.2) is 0 Å². The molecule has 0 N–H and O–H groups in total. The van der Waals surface area contributed by atoms with Gasteiger partial charge in [-0.05, 0) is 17.7 Å². The Bertz CT molecular complexity index is 706. The molecule has 5 nitrogen and oxygen atoms in total. The van der Waals surface area contributed by atoms with Crippen LogP contribution in [0.4, 0.5) is 0 Å². The summed E-state index contributed by atoms with van der Waals surface area (Å²) >= 11 is 0. The van der Waals surface area contributed by atoms with Crippen molar-refractivity contribution in [3.63, 3.8) is 0 Å². The Hall–Kier alpha value is -2.56. The highest BCUT2D eigenvalue weighted by Gasteiger charge is 2.26. The van der Waals surface area contributed by atoms with Crippen LogP contribution in [0.25, 0.3) is 11.1 Å². The van der Waals surface area contributed by atoms with Gasteiger partial charge in [0.25, 0.3) is 0 Å². The first-order valence-electron chi connectivity index (χ1n) is 6.62. The maximum Gasteiger partial charge on any atom is 0.231 e. The lowest BCUT2D eigenvalue weighted by Crippen LogP contribution is -2.07. The van der Waals surface area contributed by atoms with Crippen molar-refractivity contribution in [1.82, 2.24) is 0 Å². The molecule has 0 fully saturated rings. The summed E-state index contributed by atoms with van der Waals surface area (Å²) in [6.07, 6.45) is 0. The zero-order valence-electron chi connectivity index (χ0n) is 11.8. The fourth-order valence-corrected chi connectivity index (χ4v) is 2.72. The van der Waals surface area contributed by atoms with E-state index in [1.54, 1.807) is 14.2 Å². The van der Waals surface area contributed by atoms with E-state index in [0.717, 1.165) is 33.9 Å². The third-order valence-electron chi connectivity index (χ3n) is 3.75. The minimum Gasteiger partial charge on any atom is -0.496 e. The van der Waals surface area contributed by atoms with Crippen LogP contribution >= 0.6 is 0 Å². The highest BCUT2D eigenvalue weighted by Crippen LogP contribution is 2.49. The third kappa shape index (κ3) is 1.77. The maximum absolute atomic E-state index is 5.84. The van der Waals surface area contributed by atoms with Crippen LogP contribution in [0.15, 0.2) is 24.3 Å². The average Bonchev–Trinajstić information content (AvgIpc) is 2.98. The molecule has 0 unspecified atom stereocenters. The van der Waals surface area contributed by atoms with Gasteiger partial charge in [0.2, 0.25) is 6.79 Å². The zero-order chi connectivity index (χ0) is 14.4. The third-order valence-corrected chi connectivity index (χ3v) is 3.75. The first-order valence-corrected chi connectivity index (χ1v) is 6.62. The van der Waals surface area contributed by atoms with Crippen molar-refractivity contribution in [1.29, 1.82) is 0 Å². The van der Waals surface area contributed by atoms with Crippen molar-refractivity contribution in [2.24, 2.45) is 0 Å². The van der Waals surface area contributed by atoms with Gasteiger partial charge < -0.3 is 23.7 Å². The molecule has 2 heterocycles. The molecule has 5 heteroatoms. The second-order valence-electron chi connectivity index (χ2n) is 4.85. The van der Waals surface area contributed by atoms with Gasteiger partial charge in [0, 0.05) is 17.7 Å². The molecule has 2 aromatic rings. The van der Waals surface area contributed by atoms with Crippen molar-refractivity contribution in [3.8, 4) is 39.9 Å². The average molecular weight is 286 g/mol. The molecule has 0 saturated carbocycles. The Morgan fingerprint density at radius 3 is 2.43 bits per heavy atom. The van der Waals surface area contributed by atoms with Crippen LogP contribution in [0.5, 0.6) is 28.7 Å². The fourth-order valence-electron chi connectivity index (χ4n) is 2.72. The lowest BCUT2D eigenvalue weighted by Gasteiger charge is -2.23. The van der Waals surface area contributed by atoms with Gasteiger partial charge in [-0.3, -0.25) is 0 Å². The summed E-state index contributed by atoms with van der Waals surface area (Å²) < 4.78 is 27.5. The molecule has 108 valence electrons. The summed E-state index contributed by atoms with van der Waals surface area (Å²) in [4.78, 5) is 0. The predicted octanol–water partition coefficient (Wildman–Crippen LogP) is 2.99. The lowest BCUT2D eigenvalue weighted by atomic mass is 9.95. The highest BCUT2D eigenvalue weighted by atomic mass is 16.7. The number of methoxy groups -OCH3 is 2. The van der Waals surface area contributed by atoms with Crippen LogP contribution in [0, 0.1) is 0 Å². The zero-order valence-corrected chi connectivity index (χ0v) is 11.8. The minimum absolute atomic E-state index is 0.256. The van der Waals surface area contributed by atoms with Crippen molar-refractivity contribution in [2.45, 2.75) is 6.61 Å². The van der Waals surface area contributed by atoms with E-state index >= 15 is 0 Å². The largest absolute Gasteiger partial charge is 0.496 e. The van der Waals surface area contributed by atoms with E-state index in [-0.39, 0.29) is 6.79 Å². The normalized spacial score (nSPS) is 14.0. The number of ether oxygens (including phenoxy) is 5. The van der Waals surface area contributed by atoms with E-state index in [9.17, 15) is 0 Å². The first kappa shape index (κ1) is 12.2. The summed E-state index contributed by atoms with van der Waals surface area (Å²) in [5.41, 5.74) is 3.01. The van der Waals surface area contributed by atoms with Crippen LogP contribution in [-0.2, 0) is 6.61 Å². The van der Waals surface area contributed by atoms with Crippen molar-refractivity contribution in [2.75, 3.05) is 21.0 Å². The molecular weight excluding hydrogens is 272 g/mol. The number of fused-ring (bicyclic) bond motifs is 4. The quantitative estimate of drug-likeness (QED) is 0.849. The van der Waals surface area contributed by atoms with E-state index in [0.29, 0.717) is 18.1 Å². The van der Waals surface area contributed by atoms with Gasteiger partial charge in [0.1, 0.15) is 23.9 Å². The fraction of sp³-hybridized carbons (Fsp3) is 0.250. The molecule has 2 aliphatic rings. The van der Waals surface area contributed by atoms with Crippen LogP contribution in [0.1, 0.15) is 5.56 Å². The van der Waals surface area contributed by atoms with E-state index < -0.39 is 0 Å². The molecule has 2 aliphatic heterocycles. The van der Waals surface area contributed by atoms with Crippen molar-refractivity contribution < 1.29 is 23.7 Å². The van der Waals surface area contributed by atoms with Gasteiger partial charge in [0.15, 0.2) is 11.5 Å². The second-order valence-corrected chi connectivity index (χ2v) is 4.85. The minimum atomic E-state index is 0.256. The standard InChI is InChI=1S/C16H14O5/c1-17-10-4-14(18-2)16-11-6-13-12(20-8-21-13)3-9(11)7-19-15(16)5-10/h3-6H,7-8H2,1-2H3. The van der Waals surface area contributed by atoms with E-state index in [1.165, 1.54) is 0 Å². The smallest absolute Gasteiger partial charge is 0.231 e. The second kappa shape index (κ2) is 4.48. The van der Waals surface area contributed by atoms with E-state index in [1.807, 2.05) is 24.3 Å². The Labute approximate surface area is 122 Å². The number of hydrogen-bond donors (Lipinski definition) is 0. The Morgan fingerprint density at radius 2 is 1.67 bits per heavy atom. The van der Waals surface area contributed by atoms with E-state index in [4.69, 9.17) is 23.7 Å². The first-order chi connectivity index (χ1) is 10.3. The summed E-state index contributed by atoms with van der Waals surface area (Å²) in [7, 11) is 3.26. The summed E-state index contributed by atoms with van der Waals surface area (Å²) in [6, 6.07) is 7.66. The molecule has 0 amide bonds. The van der Waals surface area contributed by atoms with Crippen LogP contribution < -0.4 is 23.7 Å². The summed E-state index contributed by atoms with van der Waals surface area (Å²) in [5.74, 6) is 3.67. The van der Waals surface area contributed by atoms with Gasteiger partial charge in [-0.2, -0.15) is 0 Å². The molecule has 0 aliphatic carbocycles. The van der Waals surface area contributed by atoms with Crippen molar-refractivity contribution in [3.05, 3.63) is 29.8 Å². The highest BCUT2D eigenvalue weighted by molar-refractivity contribution is 5.83. The molecule has 0 aromatic heterocycles. The van der Waals surface area contributed by atoms with Crippen LogP contribution in [0.2, 0.25) is 0 Å². The molecule has 21 heavy (non-hydrogen) atoms. The molecule has 0 saturated heterocycles. The Kier molecular flexibility index (Phi) is 2.60. The molecule has 0 atom stereocenters. The number of benzene rings is 2. The molecule has 2 aromatic carbocycles. The Balaban J connectivity index is 1.95. The van der Waals surface area contributed by atoms with Crippen LogP contribution in [0.3, 0.4) is 0 Å². The number of rotatable bonds is 2. The van der Waals surface area contributed by atoms with E-state index in [2.05, 4.69) is 0 Å². The topological polar surface area (TPSA) is 46.2 Å². The predicted molar refractivity (Wildman–Crippen MR) is 75.4 cm³/mol. The maximum atomic E-state index is 5.84. The van der Waals surface area contributed by atoms with Gasteiger partial charge in [-0.15, -0.1) is 0 Å². The summed E-state index contributed by atoms with van der Waals surface area (Å²) in [6.45, 7) is 0.737. The van der Waals surface area contributed by atoms with Gasteiger partial charge >= 0.3 is 0 Å². The van der Waals surface area contributed by atoms with Crippen LogP contribution in [-0.4, -0.2) is 21.0 Å². The summed E-state index contributed by atoms with van der Waals surface area (Å²) in [5, 5.41) is 0. The SMILES string of the molecule is COc1cc(OC)c2c(c1)OCc1cc3c(cc1-2)OCO3. The van der Waals surface area contributed by atoms with Gasteiger partial charge in [-0.1, -0.05) is 0 Å². The van der Waals surface area contributed by atoms with Gasteiger partial charge in [0.05, 0.1) is 19.8 Å². The molecule has 4 rings (SSSR count). The molecule has 0 radical (unpaired) electrons. The molecule has 0 spiro atoms. The Morgan fingerprint density at radius 1 is 0.857 bits per heavy atom. The molecule has 0 bridgehead atoms.